The number of methoxy groups -OCH3 is 1. The van der Waals surface area contributed by atoms with Gasteiger partial charge in [-0.2, -0.15) is 15.1 Å². The smallest absolute Gasteiger partial charge is 0.330 e. The average molecular weight is 387 g/mol. The van der Waals surface area contributed by atoms with E-state index in [0.29, 0.717) is 11.7 Å². The molecule has 0 amide bonds. The van der Waals surface area contributed by atoms with Crippen molar-refractivity contribution in [2.75, 3.05) is 25.1 Å². The summed E-state index contributed by atoms with van der Waals surface area (Å²) in [7, 11) is 1.52. The van der Waals surface area contributed by atoms with E-state index < -0.39 is 0 Å². The second kappa shape index (κ2) is 9.08. The number of nitrogens with two attached hydrogens (primary N) is 1. The predicted octanol–water partition coefficient (Wildman–Crippen LogP) is 1.83. The molecule has 3 rings (SSSR count). The van der Waals surface area contributed by atoms with Crippen molar-refractivity contribution in [2.24, 2.45) is 10.8 Å². The van der Waals surface area contributed by atoms with Gasteiger partial charge in [0.2, 0.25) is 5.95 Å². The largest absolute Gasteiger partial charge is 0.467 e. The number of nitrogens with one attached hydrogen (secondary N) is 1. The summed E-state index contributed by atoms with van der Waals surface area (Å²) in [6, 6.07) is 7.69. The van der Waals surface area contributed by atoms with Crippen molar-refractivity contribution in [3.05, 3.63) is 29.8 Å². The molecule has 0 radical (unpaired) electrons. The molecule has 0 spiro atoms. The van der Waals surface area contributed by atoms with Gasteiger partial charge in [-0.1, -0.05) is 12.1 Å². The van der Waals surface area contributed by atoms with Crippen LogP contribution in [0.15, 0.2) is 29.4 Å². The fourth-order valence-electron chi connectivity index (χ4n) is 2.63. The van der Waals surface area contributed by atoms with Gasteiger partial charge in [-0.15, -0.1) is 4.98 Å². The average Bonchev–Trinajstić information content (AvgIpc) is 2.68. The third-order valence-corrected chi connectivity index (χ3v) is 3.95. The van der Waals surface area contributed by atoms with Gasteiger partial charge in [0.15, 0.2) is 5.11 Å². The van der Waals surface area contributed by atoms with Crippen LogP contribution in [0.25, 0.3) is 0 Å². The van der Waals surface area contributed by atoms with Crippen LogP contribution in [0.3, 0.4) is 0 Å². The number of anilines is 1. The normalized spacial score (nSPS) is 14.2. The van der Waals surface area contributed by atoms with Crippen molar-refractivity contribution in [1.82, 2.24) is 20.4 Å². The summed E-state index contributed by atoms with van der Waals surface area (Å²) in [5.41, 5.74) is 8.64. The lowest BCUT2D eigenvalue weighted by molar-refractivity contribution is 0.358. The first-order valence-electron chi connectivity index (χ1n) is 8.55. The van der Waals surface area contributed by atoms with Crippen molar-refractivity contribution in [3.63, 3.8) is 0 Å². The highest BCUT2D eigenvalue weighted by atomic mass is 32.1. The zero-order valence-electron chi connectivity index (χ0n) is 15.0. The Morgan fingerprint density at radius 1 is 1.22 bits per heavy atom. The van der Waals surface area contributed by atoms with E-state index in [9.17, 15) is 0 Å². The molecular weight excluding hydrogens is 366 g/mol. The summed E-state index contributed by atoms with van der Waals surface area (Å²) in [6.45, 7) is 1.82. The zero-order valence-corrected chi connectivity index (χ0v) is 15.8. The molecule has 2 heterocycles. The Morgan fingerprint density at radius 3 is 2.74 bits per heavy atom. The number of rotatable bonds is 6. The fourth-order valence-corrected chi connectivity index (χ4v) is 2.69. The number of hydrazone groups is 1. The minimum Gasteiger partial charge on any atom is -0.467 e. The van der Waals surface area contributed by atoms with Crippen LogP contribution in [0.2, 0.25) is 0 Å². The van der Waals surface area contributed by atoms with Crippen molar-refractivity contribution < 1.29 is 9.47 Å². The maximum absolute atomic E-state index is 5.82. The summed E-state index contributed by atoms with van der Waals surface area (Å²) in [4.78, 5) is 15.1. The van der Waals surface area contributed by atoms with Crippen LogP contribution in [-0.4, -0.2) is 46.5 Å². The Kier molecular flexibility index (Phi) is 6.31. The quantitative estimate of drug-likeness (QED) is 0.435. The monoisotopic (exact) mass is 387 g/mol. The Bertz CT molecular complexity index is 825. The molecule has 0 atom stereocenters. The van der Waals surface area contributed by atoms with Crippen molar-refractivity contribution >= 4 is 29.5 Å². The molecular formula is C17H21N7O2S. The molecule has 27 heavy (non-hydrogen) atoms. The van der Waals surface area contributed by atoms with E-state index in [1.807, 2.05) is 12.1 Å². The Morgan fingerprint density at radius 2 is 2.00 bits per heavy atom. The summed E-state index contributed by atoms with van der Waals surface area (Å²) in [5, 5.41) is 4.03. The lowest BCUT2D eigenvalue weighted by Crippen LogP contribution is -2.31. The molecule has 1 aromatic heterocycles. The van der Waals surface area contributed by atoms with Crippen LogP contribution in [0, 0.1) is 0 Å². The number of aromatic nitrogens is 3. The van der Waals surface area contributed by atoms with Gasteiger partial charge in [0, 0.05) is 13.1 Å². The number of thiocarbonyl (C=S) groups is 1. The van der Waals surface area contributed by atoms with Gasteiger partial charge in [0.1, 0.15) is 5.75 Å². The van der Waals surface area contributed by atoms with E-state index in [2.05, 4.69) is 30.4 Å². The molecule has 0 unspecified atom stereocenters. The number of hydrogen-bond acceptors (Lipinski definition) is 8. The number of piperidine rings is 1. The number of hydrogen-bond donors (Lipinski definition) is 2. The predicted molar refractivity (Wildman–Crippen MR) is 106 cm³/mol. The standard InChI is InChI=1S/C17H21N7O2S/c1-25-16-20-15(24-8-3-2-4-9-24)21-17(22-16)26-13-7-5-6-12(10-13)11-19-23-14(18)27/h5-7,10-11H,2-4,8-9H2,1H3,(H3,18,23,27)/b19-11-. The number of nitrogens with zero attached hydrogens (tertiary/aromatic N) is 5. The lowest BCUT2D eigenvalue weighted by atomic mass is 10.1. The van der Waals surface area contributed by atoms with Gasteiger partial charge < -0.3 is 20.1 Å². The van der Waals surface area contributed by atoms with Crippen LogP contribution in [0.5, 0.6) is 17.8 Å². The molecule has 1 aromatic carbocycles. The summed E-state index contributed by atoms with van der Waals surface area (Å²) < 4.78 is 11.0. The molecule has 1 aliphatic rings. The minimum absolute atomic E-state index is 0.0983. The SMILES string of the molecule is COc1nc(Oc2cccc(/C=N\NC(N)=S)c2)nc(N2CCCCC2)n1. The molecule has 3 N–H and O–H groups in total. The van der Waals surface area contributed by atoms with Gasteiger partial charge in [-0.05, 0) is 49.2 Å². The van der Waals surface area contributed by atoms with Gasteiger partial charge in [-0.3, -0.25) is 5.43 Å². The van der Waals surface area contributed by atoms with E-state index in [4.69, 9.17) is 27.4 Å². The van der Waals surface area contributed by atoms with E-state index in [1.54, 1.807) is 18.3 Å². The van der Waals surface area contributed by atoms with E-state index >= 15 is 0 Å². The van der Waals surface area contributed by atoms with Gasteiger partial charge in [-0.25, -0.2) is 0 Å². The second-order valence-electron chi connectivity index (χ2n) is 5.86. The molecule has 0 aliphatic carbocycles. The molecule has 142 valence electrons. The van der Waals surface area contributed by atoms with Crippen molar-refractivity contribution in [2.45, 2.75) is 19.3 Å². The Balaban J connectivity index is 1.78. The molecule has 9 nitrogen and oxygen atoms in total. The molecule has 1 aliphatic heterocycles. The second-order valence-corrected chi connectivity index (χ2v) is 6.30. The van der Waals surface area contributed by atoms with E-state index in [1.165, 1.54) is 13.5 Å². The van der Waals surface area contributed by atoms with Gasteiger partial charge in [0.25, 0.3) is 0 Å². The Hall–Kier alpha value is -3.01. The molecule has 10 heteroatoms. The number of benzene rings is 1. The maximum atomic E-state index is 5.82. The van der Waals surface area contributed by atoms with Gasteiger partial charge >= 0.3 is 12.0 Å². The highest BCUT2D eigenvalue weighted by Gasteiger charge is 2.17. The summed E-state index contributed by atoms with van der Waals surface area (Å²) in [5.74, 6) is 1.13. The molecule has 2 aromatic rings. The zero-order chi connectivity index (χ0) is 19.1. The molecule has 1 fully saturated rings. The lowest BCUT2D eigenvalue weighted by Gasteiger charge is -2.26. The van der Waals surface area contributed by atoms with Crippen LogP contribution in [0.4, 0.5) is 5.95 Å². The van der Waals surface area contributed by atoms with E-state index in [-0.39, 0.29) is 17.1 Å². The van der Waals surface area contributed by atoms with Crippen LogP contribution in [-0.2, 0) is 0 Å². The number of ether oxygens (including phenoxy) is 2. The highest BCUT2D eigenvalue weighted by molar-refractivity contribution is 7.80. The fraction of sp³-hybridized carbons (Fsp3) is 0.353. The minimum atomic E-state index is 0.0983. The summed E-state index contributed by atoms with van der Waals surface area (Å²) in [6.07, 6.45) is 5.04. The molecule has 1 saturated heterocycles. The first kappa shape index (κ1) is 18.8. The third-order valence-electron chi connectivity index (χ3n) is 3.86. The summed E-state index contributed by atoms with van der Waals surface area (Å²) >= 11 is 4.70. The first-order chi connectivity index (χ1) is 13.1. The molecule has 0 saturated carbocycles. The highest BCUT2D eigenvalue weighted by Crippen LogP contribution is 2.24. The van der Waals surface area contributed by atoms with Crippen molar-refractivity contribution in [3.8, 4) is 17.8 Å². The molecule has 0 bridgehead atoms. The van der Waals surface area contributed by atoms with Crippen LogP contribution >= 0.6 is 12.2 Å². The van der Waals surface area contributed by atoms with Crippen LogP contribution in [0.1, 0.15) is 24.8 Å². The topological polar surface area (TPSA) is 111 Å². The van der Waals surface area contributed by atoms with Crippen LogP contribution < -0.4 is 25.5 Å². The van der Waals surface area contributed by atoms with Crippen molar-refractivity contribution in [1.29, 1.82) is 0 Å². The maximum Gasteiger partial charge on any atom is 0.330 e. The Labute approximate surface area is 162 Å². The van der Waals surface area contributed by atoms with E-state index in [0.717, 1.165) is 31.5 Å². The van der Waals surface area contributed by atoms with Gasteiger partial charge in [0.05, 0.1) is 13.3 Å². The third kappa shape index (κ3) is 5.48. The first-order valence-corrected chi connectivity index (χ1v) is 8.96.